The van der Waals surface area contributed by atoms with Gasteiger partial charge in [-0.1, -0.05) is 83.2 Å². The molecule has 294 valence electrons. The summed E-state index contributed by atoms with van der Waals surface area (Å²) in [5.74, 6) is 0. The van der Waals surface area contributed by atoms with Crippen LogP contribution in [0, 0.1) is 89.2 Å². The van der Waals surface area contributed by atoms with Crippen LogP contribution >= 0.6 is 17.0 Å². The Morgan fingerprint density at radius 2 is 0.914 bits per heavy atom. The molecule has 1 aliphatic rings. The van der Waals surface area contributed by atoms with Crippen LogP contribution in [0.25, 0.3) is 54.9 Å². The van der Waals surface area contributed by atoms with E-state index in [1.54, 1.807) is 0 Å². The molecule has 9 rings (SSSR count). The molecule has 0 amide bonds. The van der Waals surface area contributed by atoms with E-state index < -0.39 is 20.8 Å². The predicted octanol–water partition coefficient (Wildman–Crippen LogP) is 14.7. The van der Waals surface area contributed by atoms with Gasteiger partial charge in [-0.2, -0.15) is 41.6 Å². The third-order valence-electron chi connectivity index (χ3n) is 12.3. The summed E-state index contributed by atoms with van der Waals surface area (Å²) < 4.78 is 0. The smallest absolute Gasteiger partial charge is 0.0920 e. The van der Waals surface area contributed by atoms with Gasteiger partial charge < -0.3 is 0 Å². The molecule has 0 spiro atoms. The van der Waals surface area contributed by atoms with Crippen molar-refractivity contribution in [3.63, 3.8) is 0 Å². The second-order valence-corrected chi connectivity index (χ2v) is 21.0. The average Bonchev–Trinajstić information content (AvgIpc) is 3.90. The second-order valence-electron chi connectivity index (χ2n) is 16.0. The molecule has 58 heavy (non-hydrogen) atoms. The fourth-order valence-corrected chi connectivity index (χ4v) is 9.78. The first-order chi connectivity index (χ1) is 27.7. The van der Waals surface area contributed by atoms with E-state index in [1.165, 1.54) is 132 Å². The van der Waals surface area contributed by atoms with Crippen molar-refractivity contribution < 1.29 is 20.8 Å². The van der Waals surface area contributed by atoms with Crippen molar-refractivity contribution in [3.8, 4) is 33.4 Å². The van der Waals surface area contributed by atoms with Crippen molar-refractivity contribution in [2.75, 3.05) is 0 Å². The van der Waals surface area contributed by atoms with Crippen LogP contribution in [-0.4, -0.2) is 9.52 Å². The molecule has 1 aliphatic heterocycles. The van der Waals surface area contributed by atoms with E-state index in [9.17, 15) is 0 Å². The molecule has 8 aromatic rings. The Morgan fingerprint density at radius 3 is 1.40 bits per heavy atom. The fraction of sp³-hybridized carbons (Fsp3) is 0.222. The molecule has 1 heterocycles. The predicted molar refractivity (Wildman–Crippen MR) is 254 cm³/mol. The standard InChI is InChI=1S/2C21H23.C12H7Si.2ClH.Zr/c2*1-12-9-18-8-7-13(2)21(20(18)10-12)19-11-14(3)15(4)16(5)17(19)6;1-3-7-11-9(5-1)10-6-2-4-8-12(10)13-11;;;/h2*7-11H,1-6H3;1-7H;2*1H;/q3*-1;;;+2/p-2. The van der Waals surface area contributed by atoms with Gasteiger partial charge in [0.05, 0.1) is 9.52 Å². The zero-order valence-corrected chi connectivity index (χ0v) is 41.0. The number of fused-ring (bicyclic) bond motifs is 5. The maximum Gasteiger partial charge on any atom is 0.0920 e. The van der Waals surface area contributed by atoms with Gasteiger partial charge in [-0.05, 0) is 125 Å². The Hall–Kier alpha value is -3.78. The summed E-state index contributed by atoms with van der Waals surface area (Å²) in [6.45, 7) is 26.7. The molecule has 0 aliphatic carbocycles. The van der Waals surface area contributed by atoms with Gasteiger partial charge in [0.2, 0.25) is 0 Å². The summed E-state index contributed by atoms with van der Waals surface area (Å²) >= 11 is -0.826. The summed E-state index contributed by atoms with van der Waals surface area (Å²) in [6.07, 6.45) is 0. The molecule has 0 fully saturated rings. The van der Waals surface area contributed by atoms with E-state index in [0.29, 0.717) is 0 Å². The van der Waals surface area contributed by atoms with Crippen molar-refractivity contribution in [2.45, 2.75) is 83.1 Å². The van der Waals surface area contributed by atoms with E-state index >= 15 is 0 Å². The third-order valence-corrected chi connectivity index (χ3v) is 13.7. The minimum atomic E-state index is -0.826. The third kappa shape index (κ3) is 8.88. The van der Waals surface area contributed by atoms with E-state index in [1.807, 2.05) is 6.07 Å². The van der Waals surface area contributed by atoms with Crippen molar-refractivity contribution in [1.82, 2.24) is 0 Å². The normalized spacial score (nSPS) is 11.2. The van der Waals surface area contributed by atoms with Crippen molar-refractivity contribution >= 4 is 58.5 Å². The zero-order valence-electron chi connectivity index (χ0n) is 36.1. The van der Waals surface area contributed by atoms with Crippen LogP contribution < -0.4 is 10.4 Å². The number of aryl methyl sites for hydroxylation is 6. The van der Waals surface area contributed by atoms with Gasteiger partial charge in [0.1, 0.15) is 0 Å². The largest absolute Gasteiger partial charge is 0.184 e. The summed E-state index contributed by atoms with van der Waals surface area (Å²) in [7, 11) is 10.7. The molecule has 8 aromatic carbocycles. The SMILES string of the molecule is Cc1cc2c(-c3cc(C)c(C)c(C)c3C)c(C)ccc2[cH-]1.Cc1cc2c(-c3cc(C)c(C)c(C)c3C)c(C)ccc2[cH-]1.[Cl][Zr][Cl].[c-]1cccc2c1[Si]c1ccccc1-2. The fourth-order valence-electron chi connectivity index (χ4n) is 8.47. The molecular formula is C54H53Cl2SiZr-3. The Kier molecular flexibility index (Phi) is 14.1. The topological polar surface area (TPSA) is 0 Å². The first-order valence-electron chi connectivity index (χ1n) is 20.0. The maximum atomic E-state index is 4.93. The number of hydrogen-bond acceptors (Lipinski definition) is 0. The molecule has 0 unspecified atom stereocenters. The van der Waals surface area contributed by atoms with E-state index in [4.69, 9.17) is 17.0 Å². The Labute approximate surface area is 368 Å². The monoisotopic (exact) mass is 889 g/mol. The number of halogens is 2. The van der Waals surface area contributed by atoms with Crippen LogP contribution in [0.3, 0.4) is 0 Å². The van der Waals surface area contributed by atoms with Gasteiger partial charge in [-0.3, -0.25) is 0 Å². The van der Waals surface area contributed by atoms with Crippen LogP contribution in [0.1, 0.15) is 66.8 Å². The van der Waals surface area contributed by atoms with Crippen molar-refractivity contribution in [1.29, 1.82) is 0 Å². The first-order valence-corrected chi connectivity index (χ1v) is 27.3. The van der Waals surface area contributed by atoms with E-state index in [-0.39, 0.29) is 0 Å². The molecular weight excluding hydrogens is 839 g/mol. The van der Waals surface area contributed by atoms with Crippen molar-refractivity contribution in [3.05, 3.63) is 176 Å². The van der Waals surface area contributed by atoms with Crippen molar-refractivity contribution in [2.24, 2.45) is 0 Å². The van der Waals surface area contributed by atoms with Crippen LogP contribution in [0.4, 0.5) is 0 Å². The van der Waals surface area contributed by atoms with Gasteiger partial charge in [0.15, 0.2) is 0 Å². The second kappa shape index (κ2) is 18.6. The molecule has 0 saturated heterocycles. The summed E-state index contributed by atoms with van der Waals surface area (Å²) in [5.41, 5.74) is 25.0. The van der Waals surface area contributed by atoms with E-state index in [0.717, 1.165) is 9.52 Å². The maximum absolute atomic E-state index is 4.93. The number of benzene rings is 6. The van der Waals surface area contributed by atoms with Gasteiger partial charge >= 0.3 is 37.9 Å². The number of rotatable bonds is 2. The van der Waals surface area contributed by atoms with Crippen LogP contribution in [-0.2, 0) is 20.8 Å². The summed E-state index contributed by atoms with van der Waals surface area (Å²) in [4.78, 5) is 0. The number of hydrogen-bond donors (Lipinski definition) is 0. The van der Waals surface area contributed by atoms with Crippen LogP contribution in [0.2, 0.25) is 0 Å². The average molecular weight is 892 g/mol. The van der Waals surface area contributed by atoms with E-state index in [2.05, 4.69) is 186 Å². The van der Waals surface area contributed by atoms with Gasteiger partial charge in [-0.25, -0.2) is 0 Å². The minimum absolute atomic E-state index is 0.795. The molecule has 0 saturated carbocycles. The molecule has 0 bridgehead atoms. The van der Waals surface area contributed by atoms with Crippen LogP contribution in [0.15, 0.2) is 103 Å². The Morgan fingerprint density at radius 1 is 0.466 bits per heavy atom. The van der Waals surface area contributed by atoms with Crippen LogP contribution in [0.5, 0.6) is 0 Å². The summed E-state index contributed by atoms with van der Waals surface area (Å²) in [5, 5.41) is 8.30. The zero-order chi connectivity index (χ0) is 42.0. The Bertz CT molecular complexity index is 2590. The summed E-state index contributed by atoms with van der Waals surface area (Å²) in [6, 6.07) is 41.1. The van der Waals surface area contributed by atoms with Gasteiger partial charge in [0.25, 0.3) is 0 Å². The molecule has 0 N–H and O–H groups in total. The molecule has 0 aromatic heterocycles. The molecule has 4 heteroatoms. The molecule has 0 atom stereocenters. The Balaban J connectivity index is 0.000000145. The minimum Gasteiger partial charge on any atom is -0.184 e. The molecule has 0 nitrogen and oxygen atoms in total. The van der Waals surface area contributed by atoms with Gasteiger partial charge in [-0.15, -0.1) is 74.6 Å². The molecule has 2 radical (unpaired) electrons. The quantitative estimate of drug-likeness (QED) is 0.120. The first kappa shape index (κ1) is 43.8. The van der Waals surface area contributed by atoms with Gasteiger partial charge in [0, 0.05) is 0 Å².